The van der Waals surface area contributed by atoms with Gasteiger partial charge < -0.3 is 9.73 Å². The van der Waals surface area contributed by atoms with Crippen molar-refractivity contribution in [3.05, 3.63) is 54.0 Å². The Bertz CT molecular complexity index is 773. The van der Waals surface area contributed by atoms with Gasteiger partial charge in [0, 0.05) is 24.9 Å². The Morgan fingerprint density at radius 3 is 2.75 bits per heavy atom. The van der Waals surface area contributed by atoms with Crippen molar-refractivity contribution in [1.29, 1.82) is 0 Å². The third-order valence-corrected chi connectivity index (χ3v) is 5.51. The van der Waals surface area contributed by atoms with Gasteiger partial charge in [0.2, 0.25) is 10.0 Å². The van der Waals surface area contributed by atoms with E-state index in [0.29, 0.717) is 17.8 Å². The number of hydrogen-bond donors (Lipinski definition) is 1. The van der Waals surface area contributed by atoms with Crippen molar-refractivity contribution in [1.82, 2.24) is 5.32 Å². The van der Waals surface area contributed by atoms with Crippen LogP contribution in [0.1, 0.15) is 16.1 Å². The summed E-state index contributed by atoms with van der Waals surface area (Å²) in [6.07, 6.45) is 2.76. The molecule has 2 aromatic rings. The molecule has 0 spiro atoms. The predicted octanol–water partition coefficient (Wildman–Crippen LogP) is 2.34. The maximum Gasteiger partial charge on any atom is 0.251 e. The Morgan fingerprint density at radius 1 is 1.29 bits per heavy atom. The van der Waals surface area contributed by atoms with E-state index >= 15 is 0 Å². The van der Waals surface area contributed by atoms with Crippen LogP contribution in [0.4, 0.5) is 5.69 Å². The van der Waals surface area contributed by atoms with Crippen LogP contribution in [0.2, 0.25) is 0 Å². The number of benzene rings is 1. The summed E-state index contributed by atoms with van der Waals surface area (Å²) in [6.45, 7) is 0.524. The van der Waals surface area contributed by atoms with Gasteiger partial charge in [0.1, 0.15) is 5.76 Å². The van der Waals surface area contributed by atoms with Gasteiger partial charge in [0.05, 0.1) is 24.0 Å². The molecule has 0 unspecified atom stereocenters. The summed E-state index contributed by atoms with van der Waals surface area (Å²) in [7, 11) is -1.90. The number of rotatable bonds is 8. The molecule has 130 valence electrons. The number of amides is 1. The van der Waals surface area contributed by atoms with E-state index < -0.39 is 10.0 Å². The first kappa shape index (κ1) is 18.4. The summed E-state index contributed by atoms with van der Waals surface area (Å²) >= 11 is 1.66. The molecule has 0 aliphatic carbocycles. The van der Waals surface area contributed by atoms with E-state index in [1.165, 1.54) is 7.05 Å². The average Bonchev–Trinajstić information content (AvgIpc) is 3.06. The summed E-state index contributed by atoms with van der Waals surface area (Å²) < 4.78 is 29.5. The Balaban J connectivity index is 1.84. The Hall–Kier alpha value is -1.93. The molecule has 1 heterocycles. The lowest BCUT2D eigenvalue weighted by molar-refractivity contribution is 0.0956. The average molecular weight is 368 g/mol. The van der Waals surface area contributed by atoms with Crippen LogP contribution in [0.25, 0.3) is 0 Å². The summed E-state index contributed by atoms with van der Waals surface area (Å²) in [6, 6.07) is 10.3. The molecule has 1 aromatic carbocycles. The van der Waals surface area contributed by atoms with Crippen LogP contribution in [-0.4, -0.2) is 39.9 Å². The van der Waals surface area contributed by atoms with Crippen molar-refractivity contribution in [2.24, 2.45) is 0 Å². The zero-order chi connectivity index (χ0) is 17.6. The highest BCUT2D eigenvalue weighted by atomic mass is 32.2. The van der Waals surface area contributed by atoms with Crippen molar-refractivity contribution in [2.75, 3.05) is 29.9 Å². The number of sulfonamides is 1. The van der Waals surface area contributed by atoms with E-state index in [-0.39, 0.29) is 5.91 Å². The molecule has 1 amide bonds. The zero-order valence-electron chi connectivity index (χ0n) is 13.6. The highest BCUT2D eigenvalue weighted by Gasteiger charge is 2.14. The second-order valence-electron chi connectivity index (χ2n) is 5.17. The number of thioether (sulfide) groups is 1. The number of carbonyl (C=O) groups is 1. The number of hydrogen-bond acceptors (Lipinski definition) is 5. The molecule has 0 aliphatic rings. The van der Waals surface area contributed by atoms with Crippen LogP contribution in [0.5, 0.6) is 0 Å². The summed E-state index contributed by atoms with van der Waals surface area (Å²) in [5.74, 6) is 2.20. The Labute approximate surface area is 146 Å². The molecule has 0 saturated heterocycles. The third-order valence-electron chi connectivity index (χ3n) is 3.33. The quantitative estimate of drug-likeness (QED) is 0.724. The van der Waals surface area contributed by atoms with Crippen molar-refractivity contribution in [3.8, 4) is 0 Å². The van der Waals surface area contributed by atoms with E-state index in [9.17, 15) is 13.2 Å². The van der Waals surface area contributed by atoms with E-state index in [0.717, 1.165) is 27.8 Å². The molecule has 0 aliphatic heterocycles. The van der Waals surface area contributed by atoms with Crippen LogP contribution in [0.3, 0.4) is 0 Å². The van der Waals surface area contributed by atoms with Crippen LogP contribution in [-0.2, 0) is 15.8 Å². The molecular formula is C16H20N2O4S2. The lowest BCUT2D eigenvalue weighted by Gasteiger charge is -2.17. The van der Waals surface area contributed by atoms with Gasteiger partial charge in [-0.25, -0.2) is 8.42 Å². The maximum atomic E-state index is 12.2. The van der Waals surface area contributed by atoms with Crippen LogP contribution >= 0.6 is 11.8 Å². The number of nitrogens with zero attached hydrogens (tertiary/aromatic N) is 1. The maximum absolute atomic E-state index is 12.2. The third kappa shape index (κ3) is 5.31. The van der Waals surface area contributed by atoms with Gasteiger partial charge in [-0.3, -0.25) is 9.10 Å². The van der Waals surface area contributed by atoms with Crippen molar-refractivity contribution < 1.29 is 17.6 Å². The first-order chi connectivity index (χ1) is 11.4. The SMILES string of the molecule is CN(c1cccc(C(=O)NCCSCc2ccco2)c1)S(C)(=O)=O. The Morgan fingerprint density at radius 2 is 2.08 bits per heavy atom. The lowest BCUT2D eigenvalue weighted by Crippen LogP contribution is -2.27. The normalized spacial score (nSPS) is 11.2. The minimum absolute atomic E-state index is 0.225. The molecule has 0 atom stereocenters. The fraction of sp³-hybridized carbons (Fsp3) is 0.312. The summed E-state index contributed by atoms with van der Waals surface area (Å²) in [5, 5.41) is 2.83. The van der Waals surface area contributed by atoms with E-state index in [4.69, 9.17) is 4.42 Å². The highest BCUT2D eigenvalue weighted by Crippen LogP contribution is 2.17. The number of furan rings is 1. The fourth-order valence-corrected chi connectivity index (χ4v) is 3.19. The molecular weight excluding hydrogens is 348 g/mol. The summed E-state index contributed by atoms with van der Waals surface area (Å²) in [5.41, 5.74) is 0.886. The number of nitrogens with one attached hydrogen (secondary N) is 1. The standard InChI is InChI=1S/C16H20N2O4S2/c1-18(24(2,20)21)14-6-3-5-13(11-14)16(19)17-8-10-23-12-15-7-4-9-22-15/h3-7,9,11H,8,10,12H2,1-2H3,(H,17,19). The minimum atomic E-state index is -3.35. The molecule has 24 heavy (non-hydrogen) atoms. The number of anilines is 1. The molecule has 8 heteroatoms. The van der Waals surface area contributed by atoms with E-state index in [1.54, 1.807) is 42.3 Å². The first-order valence-electron chi connectivity index (χ1n) is 7.30. The van der Waals surface area contributed by atoms with Gasteiger partial charge in [0.15, 0.2) is 0 Å². The second-order valence-corrected chi connectivity index (χ2v) is 8.29. The Kier molecular flexibility index (Phi) is 6.33. The van der Waals surface area contributed by atoms with Gasteiger partial charge in [-0.05, 0) is 30.3 Å². The van der Waals surface area contributed by atoms with Gasteiger partial charge in [-0.1, -0.05) is 6.07 Å². The topological polar surface area (TPSA) is 79.6 Å². The monoisotopic (exact) mass is 368 g/mol. The lowest BCUT2D eigenvalue weighted by atomic mass is 10.2. The summed E-state index contributed by atoms with van der Waals surface area (Å²) in [4.78, 5) is 12.2. The molecule has 2 rings (SSSR count). The minimum Gasteiger partial charge on any atom is -0.468 e. The molecule has 0 radical (unpaired) electrons. The van der Waals surface area contributed by atoms with Crippen molar-refractivity contribution in [2.45, 2.75) is 5.75 Å². The number of carbonyl (C=O) groups excluding carboxylic acids is 1. The van der Waals surface area contributed by atoms with E-state index in [2.05, 4.69) is 5.32 Å². The molecule has 1 N–H and O–H groups in total. The molecule has 0 fully saturated rings. The molecule has 6 nitrogen and oxygen atoms in total. The smallest absolute Gasteiger partial charge is 0.251 e. The fourth-order valence-electron chi connectivity index (χ4n) is 1.94. The van der Waals surface area contributed by atoms with E-state index in [1.807, 2.05) is 12.1 Å². The second kappa shape index (κ2) is 8.25. The van der Waals surface area contributed by atoms with Crippen LogP contribution < -0.4 is 9.62 Å². The first-order valence-corrected chi connectivity index (χ1v) is 10.3. The molecule has 0 bridgehead atoms. The van der Waals surface area contributed by atoms with Crippen molar-refractivity contribution in [3.63, 3.8) is 0 Å². The largest absolute Gasteiger partial charge is 0.468 e. The predicted molar refractivity (Wildman–Crippen MR) is 96.9 cm³/mol. The molecule has 0 saturated carbocycles. The van der Waals surface area contributed by atoms with Gasteiger partial charge in [-0.15, -0.1) is 0 Å². The van der Waals surface area contributed by atoms with Gasteiger partial charge in [-0.2, -0.15) is 11.8 Å². The van der Waals surface area contributed by atoms with Crippen LogP contribution in [0.15, 0.2) is 47.1 Å². The van der Waals surface area contributed by atoms with Crippen molar-refractivity contribution >= 4 is 33.4 Å². The van der Waals surface area contributed by atoms with Gasteiger partial charge >= 0.3 is 0 Å². The zero-order valence-corrected chi connectivity index (χ0v) is 15.2. The highest BCUT2D eigenvalue weighted by molar-refractivity contribution is 7.98. The van der Waals surface area contributed by atoms with Crippen LogP contribution in [0, 0.1) is 0 Å². The molecule has 1 aromatic heterocycles. The van der Waals surface area contributed by atoms with Gasteiger partial charge in [0.25, 0.3) is 5.91 Å².